The molecule has 3 nitrogen and oxygen atoms in total. The smallest absolute Gasteiger partial charge is 0.164 e. The third-order valence-electron chi connectivity index (χ3n) is 8.38. The highest BCUT2D eigenvalue weighted by Crippen LogP contribution is 2.37. The van der Waals surface area contributed by atoms with Gasteiger partial charge in [0.25, 0.3) is 0 Å². The first-order valence-electron chi connectivity index (χ1n) is 15.5. The van der Waals surface area contributed by atoms with E-state index in [9.17, 15) is 0 Å². The van der Waals surface area contributed by atoms with Crippen LogP contribution in [0.1, 0.15) is 0 Å². The third kappa shape index (κ3) is 5.36. The zero-order valence-electron chi connectivity index (χ0n) is 25.1. The second-order valence-corrected chi connectivity index (χ2v) is 11.3. The maximum absolute atomic E-state index is 4.90. The minimum absolute atomic E-state index is 0.651. The lowest BCUT2D eigenvalue weighted by Gasteiger charge is -2.13. The first-order valence-corrected chi connectivity index (χ1v) is 15.5. The summed E-state index contributed by atoms with van der Waals surface area (Å²) in [7, 11) is 0. The average Bonchev–Trinajstić information content (AvgIpc) is 3.15. The van der Waals surface area contributed by atoms with Crippen molar-refractivity contribution in [1.82, 2.24) is 15.0 Å². The van der Waals surface area contributed by atoms with Gasteiger partial charge in [-0.3, -0.25) is 0 Å². The monoisotopic (exact) mass is 587 g/mol. The molecule has 8 aromatic rings. The van der Waals surface area contributed by atoms with Crippen molar-refractivity contribution in [2.45, 2.75) is 0 Å². The van der Waals surface area contributed by atoms with Gasteiger partial charge in [0.05, 0.1) is 0 Å². The van der Waals surface area contributed by atoms with Crippen LogP contribution in [-0.4, -0.2) is 15.0 Å². The largest absolute Gasteiger partial charge is 0.208 e. The van der Waals surface area contributed by atoms with Gasteiger partial charge in [-0.05, 0) is 44.2 Å². The predicted molar refractivity (Wildman–Crippen MR) is 190 cm³/mol. The van der Waals surface area contributed by atoms with E-state index in [0.29, 0.717) is 17.5 Å². The molecule has 0 aliphatic rings. The lowest BCUT2D eigenvalue weighted by Crippen LogP contribution is -2.00. The minimum atomic E-state index is 0.651. The Morgan fingerprint density at radius 2 is 0.500 bits per heavy atom. The second-order valence-electron chi connectivity index (χ2n) is 11.3. The molecule has 0 unspecified atom stereocenters. The molecule has 7 aromatic carbocycles. The van der Waals surface area contributed by atoms with Crippen LogP contribution in [0.25, 0.3) is 78.3 Å². The fourth-order valence-electron chi connectivity index (χ4n) is 6.01. The van der Waals surface area contributed by atoms with Crippen molar-refractivity contribution in [3.8, 4) is 67.5 Å². The van der Waals surface area contributed by atoms with Crippen LogP contribution in [0.4, 0.5) is 0 Å². The van der Waals surface area contributed by atoms with Crippen LogP contribution in [0.15, 0.2) is 176 Å². The van der Waals surface area contributed by atoms with Gasteiger partial charge < -0.3 is 0 Å². The van der Waals surface area contributed by atoms with Crippen molar-refractivity contribution in [3.63, 3.8) is 0 Å². The van der Waals surface area contributed by atoms with E-state index in [0.717, 1.165) is 22.3 Å². The van der Waals surface area contributed by atoms with Crippen molar-refractivity contribution in [2.75, 3.05) is 0 Å². The lowest BCUT2D eigenvalue weighted by atomic mass is 9.91. The molecule has 46 heavy (non-hydrogen) atoms. The first kappa shape index (κ1) is 27.4. The molecular weight excluding hydrogens is 558 g/mol. The number of hydrogen-bond acceptors (Lipinski definition) is 3. The summed E-state index contributed by atoms with van der Waals surface area (Å²) in [5, 5.41) is 2.45. The van der Waals surface area contributed by atoms with E-state index < -0.39 is 0 Å². The molecule has 1 heterocycles. The zero-order valence-corrected chi connectivity index (χ0v) is 25.1. The van der Waals surface area contributed by atoms with Crippen molar-refractivity contribution < 1.29 is 0 Å². The molecule has 3 heteroatoms. The summed E-state index contributed by atoms with van der Waals surface area (Å²) >= 11 is 0. The molecule has 0 saturated carbocycles. The van der Waals surface area contributed by atoms with Crippen LogP contribution in [0.5, 0.6) is 0 Å². The minimum Gasteiger partial charge on any atom is -0.208 e. The van der Waals surface area contributed by atoms with Crippen molar-refractivity contribution in [2.24, 2.45) is 0 Å². The summed E-state index contributed by atoms with van der Waals surface area (Å²) < 4.78 is 0. The van der Waals surface area contributed by atoms with Crippen molar-refractivity contribution in [3.05, 3.63) is 176 Å². The molecule has 0 fully saturated rings. The van der Waals surface area contributed by atoms with Gasteiger partial charge in [-0.2, -0.15) is 0 Å². The van der Waals surface area contributed by atoms with Gasteiger partial charge in [0, 0.05) is 16.7 Å². The second kappa shape index (κ2) is 12.1. The van der Waals surface area contributed by atoms with E-state index in [1.807, 2.05) is 60.7 Å². The van der Waals surface area contributed by atoms with Crippen LogP contribution in [-0.2, 0) is 0 Å². The van der Waals surface area contributed by atoms with Gasteiger partial charge in [-0.1, -0.05) is 176 Å². The molecule has 8 rings (SSSR count). The molecular formula is C43H29N3. The molecule has 0 N–H and O–H groups in total. The average molecular weight is 588 g/mol. The van der Waals surface area contributed by atoms with Crippen molar-refractivity contribution >= 4 is 10.8 Å². The van der Waals surface area contributed by atoms with Crippen LogP contribution in [0, 0.1) is 0 Å². The van der Waals surface area contributed by atoms with Crippen LogP contribution < -0.4 is 0 Å². The molecule has 0 amide bonds. The number of nitrogens with zero attached hydrogens (tertiary/aromatic N) is 3. The van der Waals surface area contributed by atoms with E-state index in [1.54, 1.807) is 0 Å². The summed E-state index contributed by atoms with van der Waals surface area (Å²) in [5.41, 5.74) is 10.1. The third-order valence-corrected chi connectivity index (χ3v) is 8.38. The molecule has 1 aromatic heterocycles. The van der Waals surface area contributed by atoms with Gasteiger partial charge in [-0.25, -0.2) is 15.0 Å². The van der Waals surface area contributed by atoms with Crippen LogP contribution in [0.3, 0.4) is 0 Å². The maximum atomic E-state index is 4.90. The maximum Gasteiger partial charge on any atom is 0.164 e. The summed E-state index contributed by atoms with van der Waals surface area (Å²) in [5.74, 6) is 1.97. The molecule has 0 saturated heterocycles. The summed E-state index contributed by atoms with van der Waals surface area (Å²) in [4.78, 5) is 14.6. The fraction of sp³-hybridized carbons (Fsp3) is 0. The fourth-order valence-corrected chi connectivity index (χ4v) is 6.01. The highest BCUT2D eigenvalue weighted by molar-refractivity contribution is 6.05. The Balaban J connectivity index is 1.16. The van der Waals surface area contributed by atoms with Gasteiger partial charge in [-0.15, -0.1) is 0 Å². The van der Waals surface area contributed by atoms with E-state index in [-0.39, 0.29) is 0 Å². The van der Waals surface area contributed by atoms with Gasteiger partial charge in [0.15, 0.2) is 17.5 Å². The standard InChI is InChI=1S/C43H29N3/c1-4-12-30(13-5-1)31-20-22-32(23-21-31)37-28-29-38(40-19-11-10-18-39(37)40)33-24-26-36(27-25-33)43-45-41(34-14-6-2-7-15-34)44-42(46-43)35-16-8-3-9-17-35/h1-29H. The number of rotatable bonds is 6. The topological polar surface area (TPSA) is 38.7 Å². The number of hydrogen-bond donors (Lipinski definition) is 0. The Morgan fingerprint density at radius 1 is 0.217 bits per heavy atom. The van der Waals surface area contributed by atoms with Gasteiger partial charge in [0.1, 0.15) is 0 Å². The molecule has 0 spiro atoms. The molecule has 0 aliphatic heterocycles. The molecule has 0 bridgehead atoms. The summed E-state index contributed by atoms with van der Waals surface area (Å²) in [6.45, 7) is 0. The number of aromatic nitrogens is 3. The summed E-state index contributed by atoms with van der Waals surface area (Å²) in [6.07, 6.45) is 0. The Labute approximate surface area is 268 Å². The number of fused-ring (bicyclic) bond motifs is 1. The van der Waals surface area contributed by atoms with Crippen LogP contribution >= 0.6 is 0 Å². The summed E-state index contributed by atoms with van der Waals surface area (Å²) in [6, 6.07) is 61.2. The molecule has 0 aliphatic carbocycles. The van der Waals surface area contributed by atoms with Gasteiger partial charge in [0.2, 0.25) is 0 Å². The van der Waals surface area contributed by atoms with E-state index in [2.05, 4.69) is 115 Å². The van der Waals surface area contributed by atoms with Crippen LogP contribution in [0.2, 0.25) is 0 Å². The Kier molecular flexibility index (Phi) is 7.18. The zero-order chi connectivity index (χ0) is 30.7. The predicted octanol–water partition coefficient (Wildman–Crippen LogP) is 11.0. The Hall–Kier alpha value is -6.19. The van der Waals surface area contributed by atoms with E-state index in [1.165, 1.54) is 38.6 Å². The van der Waals surface area contributed by atoms with Gasteiger partial charge >= 0.3 is 0 Å². The molecule has 0 radical (unpaired) electrons. The van der Waals surface area contributed by atoms with E-state index in [4.69, 9.17) is 15.0 Å². The highest BCUT2D eigenvalue weighted by Gasteiger charge is 2.14. The molecule has 216 valence electrons. The number of benzene rings is 7. The Morgan fingerprint density at radius 3 is 0.913 bits per heavy atom. The highest BCUT2D eigenvalue weighted by atomic mass is 15.0. The molecule has 0 atom stereocenters. The normalized spacial score (nSPS) is 11.0. The lowest BCUT2D eigenvalue weighted by molar-refractivity contribution is 1.07. The first-order chi connectivity index (χ1) is 22.8. The quantitative estimate of drug-likeness (QED) is 0.194. The SMILES string of the molecule is c1ccc(-c2ccc(-c3ccc(-c4ccc(-c5nc(-c6ccccc6)nc(-c6ccccc6)n5)cc4)c4ccccc34)cc2)cc1. The van der Waals surface area contributed by atoms with E-state index >= 15 is 0 Å². The van der Waals surface area contributed by atoms with Crippen molar-refractivity contribution in [1.29, 1.82) is 0 Å². The Bertz CT molecular complexity index is 2200.